The fraction of sp³-hybridized carbons (Fsp3) is 0.455. The van der Waals surface area contributed by atoms with Crippen molar-refractivity contribution in [3.63, 3.8) is 0 Å². The number of nitrogens with one attached hydrogen (secondary N) is 2. The van der Waals surface area contributed by atoms with Crippen LogP contribution in [0.15, 0.2) is 41.5 Å². The summed E-state index contributed by atoms with van der Waals surface area (Å²) in [5.41, 5.74) is 1.12. The number of halogens is 2. The third kappa shape index (κ3) is 6.57. The van der Waals surface area contributed by atoms with Crippen LogP contribution in [0.5, 0.6) is 5.75 Å². The van der Waals surface area contributed by atoms with Crippen molar-refractivity contribution < 1.29 is 13.5 Å². The molecule has 1 aliphatic rings. The molecule has 0 unspecified atom stereocenters. The second-order valence-corrected chi connectivity index (χ2v) is 7.20. The number of hydrogen-bond donors (Lipinski definition) is 2. The van der Waals surface area contributed by atoms with E-state index in [1.807, 2.05) is 12.3 Å². The topological polar surface area (TPSA) is 61.8 Å². The maximum absolute atomic E-state index is 13.6. The predicted molar refractivity (Wildman–Crippen MR) is 115 cm³/mol. The molecule has 0 amide bonds. The van der Waals surface area contributed by atoms with Gasteiger partial charge in [0, 0.05) is 38.9 Å². The Morgan fingerprint density at radius 2 is 1.90 bits per heavy atom. The first-order valence-corrected chi connectivity index (χ1v) is 10.4. The molecule has 1 fully saturated rings. The molecule has 1 aliphatic heterocycles. The number of rotatable bonds is 7. The largest absolute Gasteiger partial charge is 0.489 e. The van der Waals surface area contributed by atoms with Crippen LogP contribution in [0.4, 0.5) is 14.6 Å². The van der Waals surface area contributed by atoms with Gasteiger partial charge in [-0.3, -0.25) is 4.99 Å². The fourth-order valence-corrected chi connectivity index (χ4v) is 3.37. The van der Waals surface area contributed by atoms with Gasteiger partial charge in [0.05, 0.1) is 6.54 Å². The van der Waals surface area contributed by atoms with Gasteiger partial charge in [0.2, 0.25) is 0 Å². The molecule has 30 heavy (non-hydrogen) atoms. The standard InChI is InChI=1S/C22H29F2N5O/c1-25-22(27-10-13-30-20-7-6-18(23)15-19(20)24)28-16-17-8-9-26-21(14-17)29-11-4-2-3-5-12-29/h6-9,14-15H,2-5,10-13,16H2,1H3,(H2,25,27,28). The van der Waals surface area contributed by atoms with E-state index >= 15 is 0 Å². The van der Waals surface area contributed by atoms with Gasteiger partial charge in [-0.1, -0.05) is 12.8 Å². The van der Waals surface area contributed by atoms with Crippen LogP contribution in [-0.4, -0.2) is 44.2 Å². The Labute approximate surface area is 176 Å². The zero-order valence-corrected chi connectivity index (χ0v) is 17.3. The molecule has 0 bridgehead atoms. The summed E-state index contributed by atoms with van der Waals surface area (Å²) < 4.78 is 31.8. The van der Waals surface area contributed by atoms with Crippen LogP contribution in [0, 0.1) is 11.6 Å². The highest BCUT2D eigenvalue weighted by Crippen LogP contribution is 2.18. The molecule has 0 radical (unpaired) electrons. The molecule has 2 aromatic rings. The average Bonchev–Trinajstić information content (AvgIpc) is 3.04. The molecule has 0 saturated carbocycles. The molecule has 1 aromatic heterocycles. The minimum absolute atomic E-state index is 0.0268. The van der Waals surface area contributed by atoms with Crippen molar-refractivity contribution >= 4 is 11.8 Å². The van der Waals surface area contributed by atoms with Gasteiger partial charge in [-0.25, -0.2) is 13.8 Å². The Kier molecular flexibility index (Phi) is 8.23. The van der Waals surface area contributed by atoms with E-state index in [1.54, 1.807) is 7.05 Å². The molecule has 2 heterocycles. The van der Waals surface area contributed by atoms with Crippen molar-refractivity contribution in [2.24, 2.45) is 4.99 Å². The molecule has 0 spiro atoms. The van der Waals surface area contributed by atoms with E-state index in [9.17, 15) is 8.78 Å². The minimum Gasteiger partial charge on any atom is -0.489 e. The maximum Gasteiger partial charge on any atom is 0.191 e. The van der Waals surface area contributed by atoms with Crippen LogP contribution in [-0.2, 0) is 6.54 Å². The smallest absolute Gasteiger partial charge is 0.191 e. The quantitative estimate of drug-likeness (QED) is 0.410. The lowest BCUT2D eigenvalue weighted by molar-refractivity contribution is 0.304. The van der Waals surface area contributed by atoms with Crippen molar-refractivity contribution in [2.45, 2.75) is 32.2 Å². The number of anilines is 1. The number of aromatic nitrogens is 1. The van der Waals surface area contributed by atoms with Crippen molar-refractivity contribution in [2.75, 3.05) is 38.2 Å². The van der Waals surface area contributed by atoms with Gasteiger partial charge in [0.25, 0.3) is 0 Å². The summed E-state index contributed by atoms with van der Waals surface area (Å²) in [6.07, 6.45) is 6.85. The molecule has 0 atom stereocenters. The van der Waals surface area contributed by atoms with E-state index in [0.29, 0.717) is 19.0 Å². The minimum atomic E-state index is -0.713. The number of pyridine rings is 1. The van der Waals surface area contributed by atoms with Gasteiger partial charge < -0.3 is 20.3 Å². The highest BCUT2D eigenvalue weighted by molar-refractivity contribution is 5.79. The normalized spacial score (nSPS) is 14.9. The van der Waals surface area contributed by atoms with Gasteiger partial charge in [-0.05, 0) is 42.7 Å². The van der Waals surface area contributed by atoms with E-state index in [1.165, 1.54) is 37.8 Å². The predicted octanol–water partition coefficient (Wildman–Crippen LogP) is 3.48. The number of guanidine groups is 1. The first-order valence-electron chi connectivity index (χ1n) is 10.4. The summed E-state index contributed by atoms with van der Waals surface area (Å²) in [7, 11) is 1.69. The van der Waals surface area contributed by atoms with Crippen LogP contribution in [0.25, 0.3) is 0 Å². The summed E-state index contributed by atoms with van der Waals surface area (Å²) >= 11 is 0. The van der Waals surface area contributed by atoms with Crippen LogP contribution in [0.1, 0.15) is 31.2 Å². The van der Waals surface area contributed by atoms with Crippen molar-refractivity contribution in [1.82, 2.24) is 15.6 Å². The lowest BCUT2D eigenvalue weighted by atomic mass is 10.2. The van der Waals surface area contributed by atoms with Crippen LogP contribution in [0.3, 0.4) is 0 Å². The Bertz CT molecular complexity index is 838. The van der Waals surface area contributed by atoms with E-state index in [2.05, 4.69) is 31.6 Å². The second-order valence-electron chi connectivity index (χ2n) is 7.20. The number of benzene rings is 1. The molecule has 1 saturated heterocycles. The van der Waals surface area contributed by atoms with E-state index in [0.717, 1.165) is 30.5 Å². The lowest BCUT2D eigenvalue weighted by Gasteiger charge is -2.22. The molecule has 3 rings (SSSR count). The Morgan fingerprint density at radius 1 is 1.10 bits per heavy atom. The van der Waals surface area contributed by atoms with Gasteiger partial charge in [0.1, 0.15) is 18.2 Å². The van der Waals surface area contributed by atoms with Crippen molar-refractivity contribution in [3.05, 3.63) is 53.7 Å². The first kappa shape index (κ1) is 21.8. The zero-order chi connectivity index (χ0) is 21.2. The molecule has 8 heteroatoms. The number of ether oxygens (including phenoxy) is 1. The van der Waals surface area contributed by atoms with Gasteiger partial charge in [0.15, 0.2) is 17.5 Å². The Balaban J connectivity index is 1.44. The maximum atomic E-state index is 13.6. The molecule has 0 aliphatic carbocycles. The molecule has 6 nitrogen and oxygen atoms in total. The van der Waals surface area contributed by atoms with Gasteiger partial charge in [-0.15, -0.1) is 0 Å². The summed E-state index contributed by atoms with van der Waals surface area (Å²) in [5, 5.41) is 6.38. The monoisotopic (exact) mass is 417 g/mol. The van der Waals surface area contributed by atoms with Crippen molar-refractivity contribution in [1.29, 1.82) is 0 Å². The van der Waals surface area contributed by atoms with E-state index in [-0.39, 0.29) is 12.4 Å². The molecular weight excluding hydrogens is 388 g/mol. The average molecular weight is 418 g/mol. The molecule has 2 N–H and O–H groups in total. The lowest BCUT2D eigenvalue weighted by Crippen LogP contribution is -2.39. The van der Waals surface area contributed by atoms with E-state index < -0.39 is 11.6 Å². The van der Waals surface area contributed by atoms with Crippen LogP contribution >= 0.6 is 0 Å². The third-order valence-electron chi connectivity index (χ3n) is 4.97. The van der Waals surface area contributed by atoms with Crippen molar-refractivity contribution in [3.8, 4) is 5.75 Å². The summed E-state index contributed by atoms with van der Waals surface area (Å²) in [6, 6.07) is 7.36. The molecule has 1 aromatic carbocycles. The highest BCUT2D eigenvalue weighted by atomic mass is 19.1. The van der Waals surface area contributed by atoms with Gasteiger partial charge in [-0.2, -0.15) is 0 Å². The summed E-state index contributed by atoms with van der Waals surface area (Å²) in [4.78, 5) is 11.1. The number of aliphatic imine (C=N–C) groups is 1. The van der Waals surface area contributed by atoms with Crippen LogP contribution in [0.2, 0.25) is 0 Å². The summed E-state index contributed by atoms with van der Waals surface area (Å²) in [5.74, 6) is 0.326. The summed E-state index contributed by atoms with van der Waals surface area (Å²) in [6.45, 7) is 3.36. The fourth-order valence-electron chi connectivity index (χ4n) is 3.37. The van der Waals surface area contributed by atoms with E-state index in [4.69, 9.17) is 4.74 Å². The molecule has 162 valence electrons. The number of hydrogen-bond acceptors (Lipinski definition) is 4. The van der Waals surface area contributed by atoms with Gasteiger partial charge >= 0.3 is 0 Å². The Hall–Kier alpha value is -2.90. The SMILES string of the molecule is CN=C(NCCOc1ccc(F)cc1F)NCc1ccnc(N2CCCCCC2)c1. The Morgan fingerprint density at radius 3 is 2.63 bits per heavy atom. The first-order chi connectivity index (χ1) is 14.7. The third-order valence-corrected chi connectivity index (χ3v) is 4.97. The zero-order valence-electron chi connectivity index (χ0n) is 17.3. The number of nitrogens with zero attached hydrogens (tertiary/aromatic N) is 3. The second kappa shape index (κ2) is 11.3. The molecular formula is C22H29F2N5O. The highest BCUT2D eigenvalue weighted by Gasteiger charge is 2.11. The van der Waals surface area contributed by atoms with Crippen LogP contribution < -0.4 is 20.3 Å².